The van der Waals surface area contributed by atoms with Crippen molar-refractivity contribution < 1.29 is 22.7 Å². The van der Waals surface area contributed by atoms with Crippen LogP contribution in [0.2, 0.25) is 0 Å². The van der Waals surface area contributed by atoms with E-state index in [9.17, 15) is 22.7 Å². The number of aryl methyl sites for hydroxylation is 2. The van der Waals surface area contributed by atoms with Gasteiger partial charge in [0.25, 0.3) is 5.91 Å². The summed E-state index contributed by atoms with van der Waals surface area (Å²) in [6.07, 6.45) is 1.11. The first-order valence-corrected chi connectivity index (χ1v) is 12.9. The molecule has 2 aromatic rings. The van der Waals surface area contributed by atoms with Crippen molar-refractivity contribution in [2.75, 3.05) is 13.6 Å². The van der Waals surface area contributed by atoms with E-state index in [1.807, 2.05) is 0 Å². The van der Waals surface area contributed by atoms with Gasteiger partial charge in [-0.05, 0) is 44.4 Å². The molecule has 3 heterocycles. The summed E-state index contributed by atoms with van der Waals surface area (Å²) in [6.45, 7) is 7.82. The van der Waals surface area contributed by atoms with Crippen molar-refractivity contribution in [3.63, 3.8) is 0 Å². The summed E-state index contributed by atoms with van der Waals surface area (Å²) >= 11 is 0. The van der Waals surface area contributed by atoms with Gasteiger partial charge in [0.05, 0.1) is 23.1 Å². The van der Waals surface area contributed by atoms with Crippen LogP contribution >= 0.6 is 0 Å². The molecule has 2 aliphatic rings. The molecule has 0 saturated carbocycles. The Bertz CT molecular complexity index is 1390. The minimum absolute atomic E-state index is 0.0915. The van der Waals surface area contributed by atoms with Crippen molar-refractivity contribution in [1.82, 2.24) is 24.3 Å². The lowest BCUT2D eigenvalue weighted by atomic mass is 10.0. The molecule has 36 heavy (non-hydrogen) atoms. The minimum atomic E-state index is -3.95. The number of amidine groups is 1. The van der Waals surface area contributed by atoms with E-state index >= 15 is 0 Å². The maximum atomic E-state index is 13.6. The van der Waals surface area contributed by atoms with Crippen LogP contribution in [-0.2, 0) is 28.4 Å². The van der Waals surface area contributed by atoms with Crippen LogP contribution in [0, 0.1) is 19.7 Å². The van der Waals surface area contributed by atoms with Crippen LogP contribution in [0.1, 0.15) is 29.8 Å². The lowest BCUT2D eigenvalue weighted by Crippen LogP contribution is -2.54. The van der Waals surface area contributed by atoms with Crippen molar-refractivity contribution in [2.24, 2.45) is 12.0 Å². The second-order valence-electron chi connectivity index (χ2n) is 8.88. The van der Waals surface area contributed by atoms with Crippen LogP contribution < -0.4 is 5.32 Å². The van der Waals surface area contributed by atoms with Crippen LogP contribution in [0.25, 0.3) is 0 Å². The van der Waals surface area contributed by atoms with Gasteiger partial charge in [-0.1, -0.05) is 18.7 Å². The number of fused-ring (bicyclic) bond motifs is 1. The molecule has 2 aliphatic heterocycles. The molecule has 1 aromatic carbocycles. The van der Waals surface area contributed by atoms with Gasteiger partial charge in [0.1, 0.15) is 16.5 Å². The van der Waals surface area contributed by atoms with Crippen LogP contribution in [0.3, 0.4) is 0 Å². The number of hydrogen-bond acceptors (Lipinski definition) is 7. The van der Waals surface area contributed by atoms with Crippen molar-refractivity contribution in [3.05, 3.63) is 70.8 Å². The van der Waals surface area contributed by atoms with Crippen LogP contribution in [0.4, 0.5) is 4.39 Å². The number of nitrogens with one attached hydrogen (secondary N) is 1. The van der Waals surface area contributed by atoms with Crippen molar-refractivity contribution in [1.29, 1.82) is 0 Å². The van der Waals surface area contributed by atoms with Gasteiger partial charge in [0.2, 0.25) is 10.0 Å². The summed E-state index contributed by atoms with van der Waals surface area (Å²) in [6, 6.07) is 4.96. The first kappa shape index (κ1) is 25.6. The molecule has 1 amide bonds. The number of carbonyl (C=O) groups excluding carboxylic acids is 1. The molecule has 0 radical (unpaired) electrons. The fourth-order valence-corrected chi connectivity index (χ4v) is 6.26. The van der Waals surface area contributed by atoms with Crippen molar-refractivity contribution in [3.8, 4) is 0 Å². The highest BCUT2D eigenvalue weighted by Crippen LogP contribution is 2.33. The van der Waals surface area contributed by atoms with Crippen LogP contribution in [0.15, 0.2) is 57.9 Å². The number of sulfonamides is 1. The molecular weight excluding hydrogens is 487 g/mol. The summed E-state index contributed by atoms with van der Waals surface area (Å²) in [4.78, 5) is 19.2. The Balaban J connectivity index is 1.65. The molecule has 1 unspecified atom stereocenters. The molecule has 4 rings (SSSR count). The zero-order valence-electron chi connectivity index (χ0n) is 20.6. The van der Waals surface area contributed by atoms with E-state index in [4.69, 9.17) is 0 Å². The quantitative estimate of drug-likeness (QED) is 0.608. The molecule has 1 aromatic heterocycles. The highest BCUT2D eigenvalue weighted by Gasteiger charge is 2.42. The number of aliphatic hydroxyl groups excluding tert-OH is 1. The smallest absolute Gasteiger partial charge is 0.274 e. The molecule has 1 fully saturated rings. The average molecular weight is 517 g/mol. The average Bonchev–Trinajstić information content (AvgIpc) is 3.11. The van der Waals surface area contributed by atoms with Gasteiger partial charge >= 0.3 is 0 Å². The predicted molar refractivity (Wildman–Crippen MR) is 132 cm³/mol. The number of rotatable bonds is 6. The first-order valence-electron chi connectivity index (χ1n) is 11.4. The number of aliphatic hydroxyl groups is 1. The number of hydrogen-bond donors (Lipinski definition) is 2. The van der Waals surface area contributed by atoms with Gasteiger partial charge in [-0.25, -0.2) is 17.8 Å². The van der Waals surface area contributed by atoms with Gasteiger partial charge in [-0.3, -0.25) is 9.48 Å². The largest absolute Gasteiger partial charge is 0.504 e. The Morgan fingerprint density at radius 1 is 1.31 bits per heavy atom. The lowest BCUT2D eigenvalue weighted by molar-refractivity contribution is -0.117. The summed E-state index contributed by atoms with van der Waals surface area (Å²) in [5.74, 6) is -1.10. The molecule has 2 N–H and O–H groups in total. The normalized spacial score (nSPS) is 18.4. The highest BCUT2D eigenvalue weighted by atomic mass is 32.2. The SMILES string of the molecule is C=C1C(O)=C(C(=O)NCc2ccc(F)cc2)N=C2C(N(C)S(=O)(=O)c3c(C)nn(C)c3C)CCCN12. The van der Waals surface area contributed by atoms with Crippen LogP contribution in [0.5, 0.6) is 0 Å². The fraction of sp³-hybridized carbons (Fsp3) is 0.375. The predicted octanol–water partition coefficient (Wildman–Crippen LogP) is 2.27. The zero-order chi connectivity index (χ0) is 26.4. The van der Waals surface area contributed by atoms with E-state index in [1.54, 1.807) is 25.8 Å². The Morgan fingerprint density at radius 2 is 1.97 bits per heavy atom. The third kappa shape index (κ3) is 4.42. The molecule has 0 bridgehead atoms. The van der Waals surface area contributed by atoms with Gasteiger partial charge < -0.3 is 15.3 Å². The third-order valence-electron chi connectivity index (χ3n) is 6.58. The van der Waals surface area contributed by atoms with E-state index < -0.39 is 22.0 Å². The van der Waals surface area contributed by atoms with Gasteiger partial charge in [-0.15, -0.1) is 0 Å². The van der Waals surface area contributed by atoms with E-state index in [1.165, 1.54) is 40.3 Å². The molecule has 12 heteroatoms. The first-order chi connectivity index (χ1) is 16.9. The second kappa shape index (κ2) is 9.51. The molecule has 192 valence electrons. The monoisotopic (exact) mass is 516 g/mol. The van der Waals surface area contributed by atoms with E-state index in [-0.39, 0.29) is 34.4 Å². The highest BCUT2D eigenvalue weighted by molar-refractivity contribution is 7.89. The van der Waals surface area contributed by atoms with Crippen molar-refractivity contribution in [2.45, 2.75) is 44.2 Å². The van der Waals surface area contributed by atoms with Gasteiger partial charge in [-0.2, -0.15) is 9.40 Å². The fourth-order valence-electron chi connectivity index (χ4n) is 4.52. The van der Waals surface area contributed by atoms with E-state index in [2.05, 4.69) is 22.0 Å². The standard InChI is InChI=1S/C24H29FN6O4S/c1-14-22(16(3)29(4)28-14)36(34,35)30(5)19-7-6-12-31-15(2)21(32)20(27-23(19)31)24(33)26-13-17-8-10-18(25)11-9-17/h8-11,19,32H,2,6-7,12-13H2,1,3-5H3,(H,26,33). The Labute approximate surface area is 209 Å². The topological polar surface area (TPSA) is 120 Å². The van der Waals surface area contributed by atoms with Crippen LogP contribution in [-0.4, -0.2) is 63.9 Å². The molecule has 10 nitrogen and oxygen atoms in total. The Hall–Kier alpha value is -3.51. The van der Waals surface area contributed by atoms with Crippen molar-refractivity contribution >= 4 is 21.8 Å². The second-order valence-corrected chi connectivity index (χ2v) is 10.8. The Morgan fingerprint density at radius 3 is 2.58 bits per heavy atom. The molecule has 1 atom stereocenters. The lowest BCUT2D eigenvalue weighted by Gasteiger charge is -2.41. The summed E-state index contributed by atoms with van der Waals surface area (Å²) in [5.41, 5.74) is 1.50. The summed E-state index contributed by atoms with van der Waals surface area (Å²) in [5, 5.41) is 17.6. The molecule has 0 aliphatic carbocycles. The molecule has 1 saturated heterocycles. The number of benzene rings is 1. The zero-order valence-corrected chi connectivity index (χ0v) is 21.4. The number of amides is 1. The number of carbonyl (C=O) groups is 1. The maximum Gasteiger partial charge on any atom is 0.274 e. The minimum Gasteiger partial charge on any atom is -0.504 e. The Kier molecular flexibility index (Phi) is 6.76. The number of piperidine rings is 1. The molecular formula is C24H29FN6O4S. The van der Waals surface area contributed by atoms with Gasteiger partial charge in [0.15, 0.2) is 11.5 Å². The number of aliphatic imine (C=N–C) groups is 1. The van der Waals surface area contributed by atoms with E-state index in [0.717, 1.165) is 0 Å². The van der Waals surface area contributed by atoms with Gasteiger partial charge in [0, 0.05) is 27.2 Å². The third-order valence-corrected chi connectivity index (χ3v) is 8.70. The number of likely N-dealkylation sites (N-methyl/N-ethyl adjacent to an activating group) is 1. The number of aromatic nitrogens is 2. The maximum absolute atomic E-state index is 13.6. The number of halogens is 1. The summed E-state index contributed by atoms with van der Waals surface area (Å²) in [7, 11) is -0.782. The van der Waals surface area contributed by atoms with E-state index in [0.29, 0.717) is 42.2 Å². The molecule has 0 spiro atoms. The summed E-state index contributed by atoms with van der Waals surface area (Å²) < 4.78 is 43.2. The number of nitrogens with zero attached hydrogens (tertiary/aromatic N) is 5.